The smallest absolute Gasteiger partial charge is 0.335 e. The lowest BCUT2D eigenvalue weighted by atomic mass is 10.2. The number of carbonyl (C=O) groups excluding carboxylic acids is 1. The van der Waals surface area contributed by atoms with Crippen molar-refractivity contribution >= 4 is 29.0 Å². The van der Waals surface area contributed by atoms with E-state index in [-0.39, 0.29) is 24.5 Å². The van der Waals surface area contributed by atoms with E-state index in [2.05, 4.69) is 15.0 Å². The molecule has 0 aliphatic heterocycles. The van der Waals surface area contributed by atoms with Gasteiger partial charge in [-0.05, 0) is 55.0 Å². The first kappa shape index (κ1) is 26.3. The van der Waals surface area contributed by atoms with E-state index >= 15 is 0 Å². The van der Waals surface area contributed by atoms with Gasteiger partial charge in [-0.2, -0.15) is 0 Å². The number of aromatic amines is 1. The summed E-state index contributed by atoms with van der Waals surface area (Å²) in [5.74, 6) is -0.481. The minimum atomic E-state index is -1.14. The first-order valence-electron chi connectivity index (χ1n) is 11.4. The molecule has 0 spiro atoms. The molecular formula is C26H22ClN5O6. The van der Waals surface area contributed by atoms with Crippen LogP contribution in [0.2, 0.25) is 5.02 Å². The molecule has 0 radical (unpaired) electrons. The van der Waals surface area contributed by atoms with Crippen molar-refractivity contribution in [1.82, 2.24) is 19.1 Å². The third-order valence-corrected chi connectivity index (χ3v) is 5.67. The van der Waals surface area contributed by atoms with Crippen molar-refractivity contribution in [3.63, 3.8) is 0 Å². The van der Waals surface area contributed by atoms with E-state index in [9.17, 15) is 19.2 Å². The summed E-state index contributed by atoms with van der Waals surface area (Å²) in [6, 6.07) is 16.5. The van der Waals surface area contributed by atoms with Gasteiger partial charge in [0.25, 0.3) is 0 Å². The van der Waals surface area contributed by atoms with E-state index in [4.69, 9.17) is 21.4 Å². The van der Waals surface area contributed by atoms with E-state index < -0.39 is 23.8 Å². The normalized spacial score (nSPS) is 11.4. The van der Waals surface area contributed by atoms with E-state index in [0.717, 1.165) is 10.1 Å². The summed E-state index contributed by atoms with van der Waals surface area (Å²) in [5.41, 5.74) is 0.109. The summed E-state index contributed by atoms with van der Waals surface area (Å²) in [5, 5.41) is 9.52. The van der Waals surface area contributed by atoms with Gasteiger partial charge >= 0.3 is 17.3 Å². The van der Waals surface area contributed by atoms with Crippen LogP contribution in [0.4, 0.5) is 5.69 Å². The molecule has 0 bridgehead atoms. The molecule has 0 unspecified atom stereocenters. The lowest BCUT2D eigenvalue weighted by Gasteiger charge is -2.11. The fourth-order valence-corrected chi connectivity index (χ4v) is 3.57. The zero-order chi connectivity index (χ0) is 27.2. The molecule has 4 rings (SSSR count). The summed E-state index contributed by atoms with van der Waals surface area (Å²) in [6.45, 7) is 1.21. The maximum absolute atomic E-state index is 13.2. The average molecular weight is 536 g/mol. The van der Waals surface area contributed by atoms with Gasteiger partial charge in [-0.1, -0.05) is 23.7 Å². The SMILES string of the molecule is CC(=O)c1ccc(Oc2ccc(/N=c3\[nH]c(=O)n(CCC(=O)O)c(=O)n3Cc3ccc(Cl)cc3)cc2)nc1. The molecule has 2 N–H and O–H groups in total. The molecule has 2 aromatic carbocycles. The number of nitrogens with zero attached hydrogens (tertiary/aromatic N) is 4. The van der Waals surface area contributed by atoms with Crippen molar-refractivity contribution < 1.29 is 19.4 Å². The quantitative estimate of drug-likeness (QED) is 0.313. The van der Waals surface area contributed by atoms with Crippen molar-refractivity contribution in [2.24, 2.45) is 4.99 Å². The topological polar surface area (TPSA) is 149 Å². The number of aromatic nitrogens is 4. The number of carboxylic acid groups (broad SMARTS) is 1. The van der Waals surface area contributed by atoms with Crippen LogP contribution in [-0.2, 0) is 17.9 Å². The molecule has 0 saturated heterocycles. The van der Waals surface area contributed by atoms with Gasteiger partial charge in [-0.15, -0.1) is 0 Å². The van der Waals surface area contributed by atoms with Gasteiger partial charge in [0, 0.05) is 29.4 Å². The van der Waals surface area contributed by atoms with Crippen molar-refractivity contribution in [3.8, 4) is 11.6 Å². The average Bonchev–Trinajstić information content (AvgIpc) is 2.88. The number of pyridine rings is 1. The van der Waals surface area contributed by atoms with Crippen LogP contribution in [-0.4, -0.2) is 36.0 Å². The number of rotatable bonds is 9. The third-order valence-electron chi connectivity index (χ3n) is 5.42. The molecule has 12 heteroatoms. The molecular weight excluding hydrogens is 514 g/mol. The minimum absolute atomic E-state index is 0.0170. The van der Waals surface area contributed by atoms with Gasteiger partial charge in [-0.3, -0.25) is 19.1 Å². The van der Waals surface area contributed by atoms with Crippen LogP contribution >= 0.6 is 11.6 Å². The Kier molecular flexibility index (Phi) is 7.97. The maximum Gasteiger partial charge on any atom is 0.335 e. The molecule has 0 aliphatic rings. The molecule has 2 aromatic heterocycles. The fraction of sp³-hybridized carbons (Fsp3) is 0.154. The monoisotopic (exact) mass is 535 g/mol. The Bertz CT molecular complexity index is 1650. The highest BCUT2D eigenvalue weighted by atomic mass is 35.5. The van der Waals surface area contributed by atoms with Gasteiger partial charge in [-0.25, -0.2) is 24.1 Å². The number of Topliss-reactive ketones (excluding diaryl/α,β-unsaturated/α-hetero) is 1. The Labute approximate surface area is 220 Å². The van der Waals surface area contributed by atoms with Crippen LogP contribution in [0.25, 0.3) is 0 Å². The Morgan fingerprint density at radius 1 is 1.03 bits per heavy atom. The second-order valence-corrected chi connectivity index (χ2v) is 8.63. The molecule has 11 nitrogen and oxygen atoms in total. The molecule has 2 heterocycles. The highest BCUT2D eigenvalue weighted by molar-refractivity contribution is 6.30. The molecule has 0 saturated carbocycles. The van der Waals surface area contributed by atoms with Gasteiger partial charge in [0.2, 0.25) is 11.5 Å². The van der Waals surface area contributed by atoms with Gasteiger partial charge < -0.3 is 9.84 Å². The summed E-state index contributed by atoms with van der Waals surface area (Å²) in [7, 11) is 0. The van der Waals surface area contributed by atoms with Crippen LogP contribution < -0.4 is 21.7 Å². The van der Waals surface area contributed by atoms with Crippen molar-refractivity contribution in [2.45, 2.75) is 26.4 Å². The summed E-state index contributed by atoms with van der Waals surface area (Å²) >= 11 is 5.96. The number of halogens is 1. The zero-order valence-electron chi connectivity index (χ0n) is 20.1. The number of carbonyl (C=O) groups is 2. The largest absolute Gasteiger partial charge is 0.481 e. The second-order valence-electron chi connectivity index (χ2n) is 8.19. The van der Waals surface area contributed by atoms with E-state index in [0.29, 0.717) is 27.9 Å². The van der Waals surface area contributed by atoms with Gasteiger partial charge in [0.1, 0.15) is 5.75 Å². The number of hydrogen-bond acceptors (Lipinski definition) is 7. The predicted octanol–water partition coefficient (Wildman–Crippen LogP) is 3.14. The Balaban J connectivity index is 1.68. The number of nitrogens with one attached hydrogen (secondary N) is 1. The Morgan fingerprint density at radius 2 is 1.74 bits per heavy atom. The highest BCUT2D eigenvalue weighted by Gasteiger charge is 2.11. The number of carboxylic acids is 1. The Hall–Kier alpha value is -4.77. The van der Waals surface area contributed by atoms with Crippen molar-refractivity contribution in [3.05, 3.63) is 110 Å². The molecule has 0 aliphatic carbocycles. The molecule has 194 valence electrons. The van der Waals surface area contributed by atoms with Crippen LogP contribution in [0, 0.1) is 0 Å². The number of aliphatic carboxylic acids is 1. The van der Waals surface area contributed by atoms with Crippen molar-refractivity contribution in [2.75, 3.05) is 0 Å². The molecule has 0 atom stereocenters. The fourth-order valence-electron chi connectivity index (χ4n) is 3.44. The number of benzene rings is 2. The summed E-state index contributed by atoms with van der Waals surface area (Å²) in [6.07, 6.45) is 1.03. The lowest BCUT2D eigenvalue weighted by molar-refractivity contribution is -0.137. The first-order valence-corrected chi connectivity index (χ1v) is 11.8. The minimum Gasteiger partial charge on any atom is -0.481 e. The summed E-state index contributed by atoms with van der Waals surface area (Å²) < 4.78 is 7.76. The molecule has 0 amide bonds. The predicted molar refractivity (Wildman–Crippen MR) is 138 cm³/mol. The molecule has 0 fully saturated rings. The first-order chi connectivity index (χ1) is 18.2. The number of H-pyrrole nitrogens is 1. The maximum atomic E-state index is 13.2. The number of ether oxygens (including phenoxy) is 1. The van der Waals surface area contributed by atoms with E-state index in [1.165, 1.54) is 17.7 Å². The zero-order valence-corrected chi connectivity index (χ0v) is 20.9. The van der Waals surface area contributed by atoms with E-state index in [1.807, 2.05) is 0 Å². The van der Waals surface area contributed by atoms with Gasteiger partial charge in [0.15, 0.2) is 5.78 Å². The third kappa shape index (κ3) is 6.51. The highest BCUT2D eigenvalue weighted by Crippen LogP contribution is 2.22. The number of hydrogen-bond donors (Lipinski definition) is 2. The Morgan fingerprint density at radius 3 is 2.34 bits per heavy atom. The van der Waals surface area contributed by atoms with Crippen molar-refractivity contribution in [1.29, 1.82) is 0 Å². The standard InChI is InChI=1S/C26H22ClN5O6/c1-16(33)18-4-11-22(28-14-18)38-21-9-7-20(8-10-21)29-24-30-25(36)31(13-12-23(34)35)26(37)32(24)15-17-2-5-19(27)6-3-17/h2-11,14H,12-13,15H2,1H3,(H,34,35)(H,29,30,36). The molecule has 38 heavy (non-hydrogen) atoms. The van der Waals surface area contributed by atoms with Crippen LogP contribution in [0.1, 0.15) is 29.3 Å². The van der Waals surface area contributed by atoms with Gasteiger partial charge in [0.05, 0.1) is 18.7 Å². The second kappa shape index (κ2) is 11.5. The van der Waals surface area contributed by atoms with Crippen LogP contribution in [0.5, 0.6) is 11.6 Å². The molecule has 4 aromatic rings. The van der Waals surface area contributed by atoms with E-state index in [1.54, 1.807) is 60.7 Å². The van der Waals surface area contributed by atoms with Crippen LogP contribution in [0.3, 0.4) is 0 Å². The lowest BCUT2D eigenvalue weighted by Crippen LogP contribution is -2.50. The van der Waals surface area contributed by atoms with Crippen LogP contribution in [0.15, 0.2) is 81.4 Å². The number of ketones is 1. The summed E-state index contributed by atoms with van der Waals surface area (Å²) in [4.78, 5) is 59.3.